The van der Waals surface area contributed by atoms with Crippen LogP contribution in [-0.4, -0.2) is 17.4 Å². The Morgan fingerprint density at radius 2 is 1.20 bits per heavy atom. The molecule has 0 unspecified atom stereocenters. The van der Waals surface area contributed by atoms with Gasteiger partial charge in [0.05, 0.1) is 0 Å². The maximum atomic E-state index is 7.94. The summed E-state index contributed by atoms with van der Waals surface area (Å²) in [6, 6.07) is 0. The third kappa shape index (κ3) is 25.1. The van der Waals surface area contributed by atoms with Crippen LogP contribution < -0.4 is 0 Å². The van der Waals surface area contributed by atoms with E-state index in [1.165, 1.54) is 0 Å². The van der Waals surface area contributed by atoms with Crippen LogP contribution in [0.3, 0.4) is 0 Å². The van der Waals surface area contributed by atoms with Crippen LogP contribution in [0.15, 0.2) is 0 Å². The average molecular weight is 220 g/mol. The predicted octanol–water partition coefficient (Wildman–Crippen LogP) is -0.507. The molecule has 0 bridgehead atoms. The van der Waals surface area contributed by atoms with Crippen molar-refractivity contribution >= 4 is 17.4 Å². The van der Waals surface area contributed by atoms with Crippen molar-refractivity contribution < 1.29 is 53.7 Å². The second-order valence-electron chi connectivity index (χ2n) is 0. The zero-order valence-corrected chi connectivity index (χ0v) is 6.32. The van der Waals surface area contributed by atoms with Crippen molar-refractivity contribution in [1.82, 2.24) is 0 Å². The Labute approximate surface area is 70.5 Å². The number of rotatable bonds is 0. The van der Waals surface area contributed by atoms with Crippen molar-refractivity contribution in [2.45, 2.75) is 0 Å². The first-order valence-corrected chi connectivity index (χ1v) is 0.561. The Kier molecular flexibility index (Phi) is 228. The van der Waals surface area contributed by atoms with E-state index in [0.717, 1.165) is 0 Å². The van der Waals surface area contributed by atoms with Crippen LogP contribution in [0.2, 0.25) is 0 Å². The van der Waals surface area contributed by atoms with E-state index in [0.29, 0.717) is 0 Å². The predicted molar refractivity (Wildman–Crippen MR) is 6.44 cm³/mol. The normalized spacial score (nSPS) is 1.00. The molecule has 0 aliphatic rings. The summed E-state index contributed by atoms with van der Waals surface area (Å²) < 4.78 is 7.94. The Morgan fingerprint density at radius 1 is 1.20 bits per heavy atom. The Hall–Kier alpha value is 1.88. The summed E-state index contributed by atoms with van der Waals surface area (Å²) in [6.07, 6.45) is 0. The molecule has 0 saturated heterocycles. The molecule has 0 amide bonds. The molecule has 0 fully saturated rings. The third-order valence-corrected chi connectivity index (χ3v) is 0. The van der Waals surface area contributed by atoms with Gasteiger partial charge in [0.1, 0.15) is 0 Å². The van der Waals surface area contributed by atoms with E-state index in [2.05, 4.69) is 15.7 Å². The van der Waals surface area contributed by atoms with Crippen molar-refractivity contribution in [2.75, 3.05) is 0 Å². The van der Waals surface area contributed by atoms with Crippen LogP contribution in [0.5, 0.6) is 0 Å². The van der Waals surface area contributed by atoms with Gasteiger partial charge < -0.3 is 0 Å². The molecule has 5 heavy (non-hydrogen) atoms. The van der Waals surface area contributed by atoms with E-state index in [4.69, 9.17) is 3.87 Å². The van der Waals surface area contributed by atoms with Gasteiger partial charge in [-0.3, -0.25) is 0 Å². The van der Waals surface area contributed by atoms with Gasteiger partial charge in [0, 0.05) is 51.5 Å². The molecule has 0 aromatic rings. The van der Waals surface area contributed by atoms with Crippen molar-refractivity contribution in [3.05, 3.63) is 0 Å². The van der Waals surface area contributed by atoms with Gasteiger partial charge in [0.15, 0.2) is 0 Å². The van der Waals surface area contributed by atoms with Gasteiger partial charge in [-0.15, -0.1) is 0 Å². The van der Waals surface area contributed by atoms with E-state index in [1.807, 2.05) is 0 Å². The van der Waals surface area contributed by atoms with E-state index in [1.54, 1.807) is 0 Å². The minimum absolute atomic E-state index is 0. The quantitative estimate of drug-likeness (QED) is 0.503. The molecular formula is AlCoCuMnO. The van der Waals surface area contributed by atoms with Gasteiger partial charge in [-0.25, -0.2) is 0 Å². The summed E-state index contributed by atoms with van der Waals surface area (Å²) in [4.78, 5) is 0. The van der Waals surface area contributed by atoms with Gasteiger partial charge in [-0.2, -0.15) is 0 Å². The Balaban J connectivity index is -0.00000000167. The van der Waals surface area contributed by atoms with Crippen LogP contribution in [0.4, 0.5) is 0 Å². The third-order valence-electron chi connectivity index (χ3n) is 0. The zero-order chi connectivity index (χ0) is 2.00. The molecule has 0 aliphatic carbocycles. The second-order valence-corrected chi connectivity index (χ2v) is 0. The fourth-order valence-corrected chi connectivity index (χ4v) is 0. The van der Waals surface area contributed by atoms with E-state index in [9.17, 15) is 0 Å². The fourth-order valence-electron chi connectivity index (χ4n) is 0. The average Bonchev–Trinajstić information content (AvgIpc) is 1.00. The van der Waals surface area contributed by atoms with Crippen molar-refractivity contribution in [3.63, 3.8) is 0 Å². The van der Waals surface area contributed by atoms with Gasteiger partial charge >= 0.3 is 19.5 Å². The maximum absolute atomic E-state index is 7.94. The van der Waals surface area contributed by atoms with Crippen LogP contribution in [0.25, 0.3) is 0 Å². The topological polar surface area (TPSA) is 17.1 Å². The molecule has 0 aromatic heterocycles. The molecule has 0 N–H and O–H groups in total. The van der Waals surface area contributed by atoms with Crippen LogP contribution >= 0.6 is 0 Å². The molecule has 5 radical (unpaired) electrons. The van der Waals surface area contributed by atoms with E-state index in [-0.39, 0.29) is 51.5 Å². The first-order valence-electron chi connectivity index (χ1n) is 0.136. The van der Waals surface area contributed by atoms with Gasteiger partial charge in [-0.1, -0.05) is 0 Å². The SMILES string of the molecule is [Al].[Cu].[Mn].[O]=[Co]. The Morgan fingerprint density at radius 3 is 1.20 bits per heavy atom. The van der Waals surface area contributed by atoms with Crippen LogP contribution in [0.1, 0.15) is 0 Å². The molecule has 0 atom stereocenters. The van der Waals surface area contributed by atoms with E-state index < -0.39 is 0 Å². The second kappa shape index (κ2) is 39.7. The first-order chi connectivity index (χ1) is 1.00. The van der Waals surface area contributed by atoms with Crippen molar-refractivity contribution in [1.29, 1.82) is 0 Å². The van der Waals surface area contributed by atoms with Gasteiger partial charge in [-0.05, 0) is 0 Å². The summed E-state index contributed by atoms with van der Waals surface area (Å²) in [7, 11) is 0. The molecule has 1 nitrogen and oxygen atoms in total. The molecule has 5 heteroatoms. The summed E-state index contributed by atoms with van der Waals surface area (Å²) in [5.41, 5.74) is 0. The summed E-state index contributed by atoms with van der Waals surface area (Å²) >= 11 is 2.31. The molecule has 0 rings (SSSR count). The Bertz CT molecular complexity index is 11.6. The monoisotopic (exact) mass is 220 g/mol. The fraction of sp³-hybridized carbons (Fsp3) is 0. The zero-order valence-electron chi connectivity index (χ0n) is 2.00. The van der Waals surface area contributed by atoms with Crippen molar-refractivity contribution in [2.24, 2.45) is 0 Å². The summed E-state index contributed by atoms with van der Waals surface area (Å²) in [5.74, 6) is 0. The van der Waals surface area contributed by atoms with Gasteiger partial charge in [0.25, 0.3) is 0 Å². The molecule has 0 aliphatic heterocycles. The summed E-state index contributed by atoms with van der Waals surface area (Å²) in [5, 5.41) is 0. The molecular weight excluding hydrogens is 220 g/mol. The van der Waals surface area contributed by atoms with E-state index >= 15 is 0 Å². The standard InChI is InChI=1S/Al.Co.Cu.Mn.O. The van der Waals surface area contributed by atoms with Crippen molar-refractivity contribution in [3.8, 4) is 0 Å². The molecule has 0 saturated carbocycles. The van der Waals surface area contributed by atoms with Gasteiger partial charge in [0.2, 0.25) is 0 Å². The first kappa shape index (κ1) is 28.7. The summed E-state index contributed by atoms with van der Waals surface area (Å²) in [6.45, 7) is 0. The number of hydrogen-bond acceptors (Lipinski definition) is 1. The number of hydrogen-bond donors (Lipinski definition) is 0. The molecule has 0 heterocycles. The minimum atomic E-state index is 0. The van der Waals surface area contributed by atoms with Crippen LogP contribution in [-0.2, 0) is 53.7 Å². The molecule has 0 aromatic carbocycles. The molecule has 0 spiro atoms. The molecule has 36 valence electrons. The van der Waals surface area contributed by atoms with Crippen LogP contribution in [0, 0.1) is 0 Å².